The van der Waals surface area contributed by atoms with E-state index in [9.17, 15) is 8.78 Å². The standard InChI is InChI=1S/C10H9F2N5/c11-6-2-1-3-7(12)5(6)4-8-15-9(13)17-10(14)16-8/h1-3H,4H2,(H4,13,14,15,16,17). The summed E-state index contributed by atoms with van der Waals surface area (Å²) in [7, 11) is 0. The van der Waals surface area contributed by atoms with E-state index < -0.39 is 11.6 Å². The molecule has 4 N–H and O–H groups in total. The lowest BCUT2D eigenvalue weighted by Gasteiger charge is -2.04. The van der Waals surface area contributed by atoms with Gasteiger partial charge in [0.2, 0.25) is 11.9 Å². The Hall–Kier alpha value is -2.31. The lowest BCUT2D eigenvalue weighted by Crippen LogP contribution is -2.08. The fraction of sp³-hybridized carbons (Fsp3) is 0.100. The van der Waals surface area contributed by atoms with E-state index in [0.29, 0.717) is 0 Å². The molecule has 0 radical (unpaired) electrons. The molecule has 2 aromatic rings. The number of nitrogens with zero attached hydrogens (tertiary/aromatic N) is 3. The Balaban J connectivity index is 2.38. The highest BCUT2D eigenvalue weighted by Gasteiger charge is 2.11. The Morgan fingerprint density at radius 3 is 2.00 bits per heavy atom. The fourth-order valence-corrected chi connectivity index (χ4v) is 1.40. The van der Waals surface area contributed by atoms with Gasteiger partial charge in [-0.2, -0.15) is 15.0 Å². The highest BCUT2D eigenvalue weighted by atomic mass is 19.1. The van der Waals surface area contributed by atoms with Gasteiger partial charge in [-0.3, -0.25) is 0 Å². The molecule has 7 heteroatoms. The summed E-state index contributed by atoms with van der Waals surface area (Å²) in [6.45, 7) is 0. The molecule has 1 aromatic heterocycles. The average molecular weight is 237 g/mol. The van der Waals surface area contributed by atoms with Gasteiger partial charge in [0.25, 0.3) is 0 Å². The molecule has 0 bridgehead atoms. The van der Waals surface area contributed by atoms with Crippen LogP contribution in [-0.2, 0) is 6.42 Å². The molecule has 0 spiro atoms. The minimum atomic E-state index is -0.664. The highest BCUT2D eigenvalue weighted by molar-refractivity contribution is 5.29. The van der Waals surface area contributed by atoms with E-state index in [2.05, 4.69) is 15.0 Å². The number of rotatable bonds is 2. The normalized spacial score (nSPS) is 10.5. The van der Waals surface area contributed by atoms with Crippen LogP contribution >= 0.6 is 0 Å². The number of anilines is 2. The topological polar surface area (TPSA) is 90.7 Å². The van der Waals surface area contributed by atoms with Crippen LogP contribution in [0.4, 0.5) is 20.7 Å². The van der Waals surface area contributed by atoms with E-state index in [1.165, 1.54) is 6.07 Å². The molecule has 1 heterocycles. The molecule has 0 atom stereocenters. The van der Waals surface area contributed by atoms with Crippen molar-refractivity contribution in [3.63, 3.8) is 0 Å². The van der Waals surface area contributed by atoms with Crippen molar-refractivity contribution in [3.05, 3.63) is 41.2 Å². The summed E-state index contributed by atoms with van der Waals surface area (Å²) in [5.41, 5.74) is 10.6. The second kappa shape index (κ2) is 4.28. The molecular weight excluding hydrogens is 228 g/mol. The largest absolute Gasteiger partial charge is 0.368 e. The first kappa shape index (κ1) is 11.2. The fourth-order valence-electron chi connectivity index (χ4n) is 1.40. The minimum Gasteiger partial charge on any atom is -0.368 e. The number of benzene rings is 1. The van der Waals surface area contributed by atoms with Gasteiger partial charge in [0.15, 0.2) is 0 Å². The molecule has 0 saturated carbocycles. The van der Waals surface area contributed by atoms with Gasteiger partial charge in [0.1, 0.15) is 17.5 Å². The van der Waals surface area contributed by atoms with E-state index in [1.807, 2.05) is 0 Å². The molecule has 0 fully saturated rings. The van der Waals surface area contributed by atoms with E-state index in [-0.39, 0.29) is 29.7 Å². The van der Waals surface area contributed by atoms with Gasteiger partial charge in [0, 0.05) is 12.0 Å². The van der Waals surface area contributed by atoms with Crippen LogP contribution in [0.2, 0.25) is 0 Å². The highest BCUT2D eigenvalue weighted by Crippen LogP contribution is 2.15. The maximum Gasteiger partial charge on any atom is 0.225 e. The molecule has 1 aromatic carbocycles. The van der Waals surface area contributed by atoms with Crippen LogP contribution in [0.3, 0.4) is 0 Å². The molecule has 0 saturated heterocycles. The van der Waals surface area contributed by atoms with Crippen LogP contribution in [0.25, 0.3) is 0 Å². The van der Waals surface area contributed by atoms with Crippen molar-refractivity contribution < 1.29 is 8.78 Å². The van der Waals surface area contributed by atoms with Crippen LogP contribution in [0.5, 0.6) is 0 Å². The lowest BCUT2D eigenvalue weighted by atomic mass is 10.1. The molecule has 5 nitrogen and oxygen atoms in total. The zero-order valence-electron chi connectivity index (χ0n) is 8.69. The first-order chi connectivity index (χ1) is 8.06. The summed E-state index contributed by atoms with van der Waals surface area (Å²) in [5, 5.41) is 0. The Morgan fingerprint density at radius 1 is 0.941 bits per heavy atom. The first-order valence-electron chi connectivity index (χ1n) is 4.75. The maximum atomic E-state index is 13.4. The summed E-state index contributed by atoms with van der Waals surface area (Å²) in [6.07, 6.45) is -0.130. The lowest BCUT2D eigenvalue weighted by molar-refractivity contribution is 0.559. The Bertz CT molecular complexity index is 518. The van der Waals surface area contributed by atoms with Crippen LogP contribution in [0.1, 0.15) is 11.4 Å². The zero-order chi connectivity index (χ0) is 12.4. The van der Waals surface area contributed by atoms with Crippen molar-refractivity contribution in [2.75, 3.05) is 11.5 Å². The molecule has 17 heavy (non-hydrogen) atoms. The quantitative estimate of drug-likeness (QED) is 0.809. The first-order valence-corrected chi connectivity index (χ1v) is 4.75. The zero-order valence-corrected chi connectivity index (χ0v) is 8.69. The summed E-state index contributed by atoms with van der Waals surface area (Å²) in [6, 6.07) is 3.60. The molecule has 0 unspecified atom stereocenters. The number of halogens is 2. The number of nitrogen functional groups attached to an aromatic ring is 2. The van der Waals surface area contributed by atoms with E-state index in [1.54, 1.807) is 0 Å². The van der Waals surface area contributed by atoms with Gasteiger partial charge in [0.05, 0.1) is 0 Å². The van der Waals surface area contributed by atoms with Crippen molar-refractivity contribution >= 4 is 11.9 Å². The molecule has 0 aliphatic heterocycles. The smallest absolute Gasteiger partial charge is 0.225 e. The molecule has 88 valence electrons. The number of hydrogen-bond donors (Lipinski definition) is 2. The van der Waals surface area contributed by atoms with E-state index in [4.69, 9.17) is 11.5 Å². The molecular formula is C10H9F2N5. The van der Waals surface area contributed by atoms with Crippen LogP contribution in [-0.4, -0.2) is 15.0 Å². The third-order valence-corrected chi connectivity index (χ3v) is 2.11. The van der Waals surface area contributed by atoms with Crippen molar-refractivity contribution in [2.24, 2.45) is 0 Å². The number of aromatic nitrogens is 3. The summed E-state index contributed by atoms with van der Waals surface area (Å²) < 4.78 is 26.7. The summed E-state index contributed by atoms with van der Waals surface area (Å²) >= 11 is 0. The molecule has 0 amide bonds. The summed E-state index contributed by atoms with van der Waals surface area (Å²) in [5.74, 6) is -1.36. The molecule has 0 aliphatic carbocycles. The Labute approximate surface area is 95.5 Å². The second-order valence-electron chi connectivity index (χ2n) is 3.35. The van der Waals surface area contributed by atoms with Crippen LogP contribution in [0.15, 0.2) is 18.2 Å². The maximum absolute atomic E-state index is 13.4. The Morgan fingerprint density at radius 2 is 1.47 bits per heavy atom. The van der Waals surface area contributed by atoms with Gasteiger partial charge < -0.3 is 11.5 Å². The van der Waals surface area contributed by atoms with Crippen molar-refractivity contribution in [2.45, 2.75) is 6.42 Å². The third-order valence-electron chi connectivity index (χ3n) is 2.11. The van der Waals surface area contributed by atoms with Gasteiger partial charge in [-0.1, -0.05) is 6.07 Å². The Kier molecular flexibility index (Phi) is 2.82. The predicted octanol–water partition coefficient (Wildman–Crippen LogP) is 0.905. The van der Waals surface area contributed by atoms with Gasteiger partial charge >= 0.3 is 0 Å². The second-order valence-corrected chi connectivity index (χ2v) is 3.35. The van der Waals surface area contributed by atoms with Crippen molar-refractivity contribution in [1.82, 2.24) is 15.0 Å². The van der Waals surface area contributed by atoms with Gasteiger partial charge in [-0.15, -0.1) is 0 Å². The van der Waals surface area contributed by atoms with E-state index >= 15 is 0 Å². The average Bonchev–Trinajstić information content (AvgIpc) is 2.22. The molecule has 2 rings (SSSR count). The predicted molar refractivity (Wildman–Crippen MR) is 57.8 cm³/mol. The number of hydrogen-bond acceptors (Lipinski definition) is 5. The van der Waals surface area contributed by atoms with Gasteiger partial charge in [-0.05, 0) is 12.1 Å². The van der Waals surface area contributed by atoms with Crippen LogP contribution < -0.4 is 11.5 Å². The molecule has 0 aliphatic rings. The minimum absolute atomic E-state index is 0.0794. The van der Waals surface area contributed by atoms with E-state index in [0.717, 1.165) is 12.1 Å². The SMILES string of the molecule is Nc1nc(N)nc(Cc2c(F)cccc2F)n1. The van der Waals surface area contributed by atoms with Crippen LogP contribution in [0, 0.1) is 11.6 Å². The monoisotopic (exact) mass is 237 g/mol. The van der Waals surface area contributed by atoms with Crippen molar-refractivity contribution in [3.8, 4) is 0 Å². The third kappa shape index (κ3) is 2.44. The summed E-state index contributed by atoms with van der Waals surface area (Å²) in [4.78, 5) is 11.1. The van der Waals surface area contributed by atoms with Gasteiger partial charge in [-0.25, -0.2) is 8.78 Å². The van der Waals surface area contributed by atoms with Crippen molar-refractivity contribution in [1.29, 1.82) is 0 Å². The number of nitrogens with two attached hydrogens (primary N) is 2.